The minimum Gasteiger partial charge on any atom is -0.452 e. The molecule has 0 heterocycles. The fourth-order valence-corrected chi connectivity index (χ4v) is 1.75. The molecule has 8 heteroatoms. The predicted octanol–water partition coefficient (Wildman–Crippen LogP) is 1.58. The second-order valence-electron chi connectivity index (χ2n) is 4.57. The number of carbonyl (C=O) groups excluding carboxylic acids is 3. The van der Waals surface area contributed by atoms with Crippen molar-refractivity contribution in [1.29, 1.82) is 0 Å². The van der Waals surface area contributed by atoms with E-state index in [4.69, 9.17) is 22.1 Å². The highest BCUT2D eigenvalue weighted by molar-refractivity contribution is 6.31. The summed E-state index contributed by atoms with van der Waals surface area (Å²) in [7, 11) is 0. The number of primary amides is 1. The first kappa shape index (κ1) is 17.8. The molecular weight excluding hydrogens is 310 g/mol. The second kappa shape index (κ2) is 8.23. The molecule has 0 aromatic heterocycles. The highest BCUT2D eigenvalue weighted by Crippen LogP contribution is 2.23. The molecule has 0 saturated heterocycles. The van der Waals surface area contributed by atoms with Gasteiger partial charge in [-0.1, -0.05) is 17.7 Å². The molecule has 0 aliphatic carbocycles. The van der Waals surface area contributed by atoms with Gasteiger partial charge in [0.15, 0.2) is 6.10 Å². The molecule has 0 bridgehead atoms. The zero-order valence-corrected chi connectivity index (χ0v) is 13.1. The van der Waals surface area contributed by atoms with Crippen molar-refractivity contribution in [1.82, 2.24) is 5.32 Å². The number of benzene rings is 1. The number of amides is 3. The minimum atomic E-state index is -0.973. The van der Waals surface area contributed by atoms with Crippen LogP contribution in [-0.4, -0.2) is 30.6 Å². The van der Waals surface area contributed by atoms with Crippen LogP contribution in [0.25, 0.3) is 0 Å². The fraction of sp³-hybridized carbons (Fsp3) is 0.357. The largest absolute Gasteiger partial charge is 0.452 e. The number of carbonyl (C=O) groups is 3. The Morgan fingerprint density at radius 1 is 1.36 bits per heavy atom. The van der Waals surface area contributed by atoms with Crippen LogP contribution in [0.2, 0.25) is 5.02 Å². The number of hydrogen-bond acceptors (Lipinski definition) is 4. The number of urea groups is 1. The van der Waals surface area contributed by atoms with Crippen LogP contribution >= 0.6 is 11.6 Å². The van der Waals surface area contributed by atoms with E-state index >= 15 is 0 Å². The minimum absolute atomic E-state index is 0.0515. The molecule has 0 aliphatic rings. The summed E-state index contributed by atoms with van der Waals surface area (Å²) in [6.45, 7) is 3.27. The first-order chi connectivity index (χ1) is 10.3. The molecule has 0 fully saturated rings. The summed E-state index contributed by atoms with van der Waals surface area (Å²) in [5.74, 6) is -1.08. The maximum Gasteiger partial charge on any atom is 0.312 e. The van der Waals surface area contributed by atoms with Crippen molar-refractivity contribution in [3.63, 3.8) is 0 Å². The van der Waals surface area contributed by atoms with Crippen molar-refractivity contribution >= 4 is 35.2 Å². The molecule has 1 aromatic carbocycles. The lowest BCUT2D eigenvalue weighted by Crippen LogP contribution is -2.33. The molecule has 0 aliphatic heterocycles. The van der Waals surface area contributed by atoms with Gasteiger partial charge in [-0.2, -0.15) is 0 Å². The molecule has 7 nitrogen and oxygen atoms in total. The Balaban J connectivity index is 2.49. The monoisotopic (exact) mass is 327 g/mol. The first-order valence-electron chi connectivity index (χ1n) is 6.60. The van der Waals surface area contributed by atoms with Gasteiger partial charge >= 0.3 is 12.0 Å². The molecule has 0 saturated carbocycles. The van der Waals surface area contributed by atoms with E-state index in [0.29, 0.717) is 10.7 Å². The third-order valence-electron chi connectivity index (χ3n) is 2.83. The Morgan fingerprint density at radius 2 is 2.05 bits per heavy atom. The molecule has 1 rings (SSSR count). The highest BCUT2D eigenvalue weighted by atomic mass is 35.5. The Kier molecular flexibility index (Phi) is 6.65. The number of esters is 1. The van der Waals surface area contributed by atoms with Gasteiger partial charge in [-0.05, 0) is 31.5 Å². The number of hydrogen-bond donors (Lipinski definition) is 3. The number of anilines is 1. The van der Waals surface area contributed by atoms with Gasteiger partial charge in [-0.15, -0.1) is 0 Å². The van der Waals surface area contributed by atoms with Crippen LogP contribution in [0.15, 0.2) is 18.2 Å². The van der Waals surface area contributed by atoms with Crippen LogP contribution < -0.4 is 16.4 Å². The van der Waals surface area contributed by atoms with Crippen molar-refractivity contribution in [3.8, 4) is 0 Å². The maximum atomic E-state index is 12.0. The average Bonchev–Trinajstić information content (AvgIpc) is 2.43. The van der Waals surface area contributed by atoms with Crippen molar-refractivity contribution in [2.45, 2.75) is 26.4 Å². The summed E-state index contributed by atoms with van der Waals surface area (Å²) in [6, 6.07) is 4.39. The van der Waals surface area contributed by atoms with Crippen LogP contribution in [0.3, 0.4) is 0 Å². The number of halogens is 1. The van der Waals surface area contributed by atoms with Crippen molar-refractivity contribution < 1.29 is 19.1 Å². The second-order valence-corrected chi connectivity index (χ2v) is 4.98. The standard InChI is InChI=1S/C14H18ClN3O4/c1-8-10(15)4-3-5-11(8)18-13(20)9(2)22-12(19)6-7-17-14(16)21/h3-5,9H,6-7H2,1-2H3,(H,18,20)(H3,16,17,21)/t9-/m1/s1. The Labute approximate surface area is 133 Å². The Hall–Kier alpha value is -2.28. The van der Waals surface area contributed by atoms with E-state index < -0.39 is 24.0 Å². The normalized spacial score (nSPS) is 11.4. The summed E-state index contributed by atoms with van der Waals surface area (Å²) >= 11 is 5.96. The smallest absolute Gasteiger partial charge is 0.312 e. The lowest BCUT2D eigenvalue weighted by molar-refractivity contribution is -0.153. The fourth-order valence-electron chi connectivity index (χ4n) is 1.57. The molecule has 0 spiro atoms. The van der Waals surface area contributed by atoms with E-state index in [9.17, 15) is 14.4 Å². The zero-order chi connectivity index (χ0) is 16.7. The highest BCUT2D eigenvalue weighted by Gasteiger charge is 2.18. The molecule has 120 valence electrons. The van der Waals surface area contributed by atoms with Crippen molar-refractivity contribution in [3.05, 3.63) is 28.8 Å². The number of ether oxygens (including phenoxy) is 1. The molecule has 4 N–H and O–H groups in total. The SMILES string of the molecule is Cc1c(Cl)cccc1NC(=O)[C@@H](C)OC(=O)CCNC(N)=O. The lowest BCUT2D eigenvalue weighted by Gasteiger charge is -2.15. The zero-order valence-electron chi connectivity index (χ0n) is 12.3. The van der Waals surface area contributed by atoms with Gasteiger partial charge in [0.2, 0.25) is 0 Å². The van der Waals surface area contributed by atoms with E-state index in [0.717, 1.165) is 5.56 Å². The summed E-state index contributed by atoms with van der Waals surface area (Å²) in [5.41, 5.74) is 6.14. The summed E-state index contributed by atoms with van der Waals surface area (Å²) in [5, 5.41) is 5.42. The predicted molar refractivity (Wildman–Crippen MR) is 82.6 cm³/mol. The summed E-state index contributed by atoms with van der Waals surface area (Å²) < 4.78 is 4.96. The third kappa shape index (κ3) is 5.61. The van der Waals surface area contributed by atoms with Crippen molar-refractivity contribution in [2.75, 3.05) is 11.9 Å². The van der Waals surface area contributed by atoms with Gasteiger partial charge < -0.3 is 21.1 Å². The van der Waals surface area contributed by atoms with Crippen LogP contribution in [0.5, 0.6) is 0 Å². The Bertz CT molecular complexity index is 577. The van der Waals surface area contributed by atoms with Gasteiger partial charge in [0.1, 0.15) is 0 Å². The topological polar surface area (TPSA) is 111 Å². The molecule has 22 heavy (non-hydrogen) atoms. The van der Waals surface area contributed by atoms with Gasteiger partial charge in [-0.25, -0.2) is 4.79 Å². The quantitative estimate of drug-likeness (QED) is 0.689. The number of nitrogens with two attached hydrogens (primary N) is 1. The molecular formula is C14H18ClN3O4. The maximum absolute atomic E-state index is 12.0. The van der Waals surface area contributed by atoms with Crippen LogP contribution in [0.4, 0.5) is 10.5 Å². The van der Waals surface area contributed by atoms with E-state index in [1.54, 1.807) is 25.1 Å². The summed E-state index contributed by atoms with van der Waals surface area (Å²) in [6.07, 6.45) is -1.05. The number of rotatable bonds is 6. The van der Waals surface area contributed by atoms with Gasteiger partial charge in [-0.3, -0.25) is 9.59 Å². The van der Waals surface area contributed by atoms with Gasteiger partial charge in [0.25, 0.3) is 5.91 Å². The van der Waals surface area contributed by atoms with Crippen LogP contribution in [0.1, 0.15) is 18.9 Å². The van der Waals surface area contributed by atoms with Crippen LogP contribution in [0, 0.1) is 6.92 Å². The first-order valence-corrected chi connectivity index (χ1v) is 6.97. The molecule has 0 radical (unpaired) electrons. The Morgan fingerprint density at radius 3 is 2.68 bits per heavy atom. The van der Waals surface area contributed by atoms with Gasteiger partial charge in [0, 0.05) is 17.3 Å². The average molecular weight is 328 g/mol. The van der Waals surface area contributed by atoms with Crippen molar-refractivity contribution in [2.24, 2.45) is 5.73 Å². The molecule has 0 unspecified atom stereocenters. The van der Waals surface area contributed by atoms with E-state index in [-0.39, 0.29) is 13.0 Å². The van der Waals surface area contributed by atoms with E-state index in [1.807, 2.05) is 0 Å². The molecule has 3 amide bonds. The lowest BCUT2D eigenvalue weighted by atomic mass is 10.2. The summed E-state index contributed by atoms with van der Waals surface area (Å²) in [4.78, 5) is 33.9. The number of nitrogens with one attached hydrogen (secondary N) is 2. The molecule has 1 aromatic rings. The van der Waals surface area contributed by atoms with E-state index in [2.05, 4.69) is 10.6 Å². The third-order valence-corrected chi connectivity index (χ3v) is 3.24. The molecule has 1 atom stereocenters. The van der Waals surface area contributed by atoms with E-state index in [1.165, 1.54) is 6.92 Å². The van der Waals surface area contributed by atoms with Gasteiger partial charge in [0.05, 0.1) is 6.42 Å². The van der Waals surface area contributed by atoms with Crippen LogP contribution in [-0.2, 0) is 14.3 Å².